The Hall–Kier alpha value is -0.850. The van der Waals surface area contributed by atoms with E-state index in [2.05, 4.69) is 5.32 Å². The second-order valence-electron chi connectivity index (χ2n) is 4.17. The van der Waals surface area contributed by atoms with E-state index in [1.165, 1.54) is 6.07 Å². The first kappa shape index (κ1) is 13.6. The molecular weight excluding hydrogens is 260 g/mol. The Bertz CT molecular complexity index is 456. The minimum Gasteiger partial charge on any atom is -0.380 e. The third-order valence-corrected chi connectivity index (χ3v) is 4.84. The summed E-state index contributed by atoms with van der Waals surface area (Å²) in [7, 11) is 0.230. The number of ether oxygens (including phenoxy) is 1. The molecule has 1 aromatic rings. The van der Waals surface area contributed by atoms with Gasteiger partial charge in [0, 0.05) is 18.7 Å². The average Bonchev–Trinajstić information content (AvgIpc) is 2.38. The van der Waals surface area contributed by atoms with E-state index >= 15 is 0 Å². The molecule has 0 saturated carbocycles. The fourth-order valence-corrected chi connectivity index (χ4v) is 3.62. The van der Waals surface area contributed by atoms with Gasteiger partial charge in [0.1, 0.15) is 11.6 Å². The highest BCUT2D eigenvalue weighted by molar-refractivity contribution is 7.85. The number of hydrogen-bond acceptors (Lipinski definition) is 3. The van der Waals surface area contributed by atoms with Crippen molar-refractivity contribution in [2.45, 2.75) is 22.6 Å². The summed E-state index contributed by atoms with van der Waals surface area (Å²) in [6, 6.07) is 3.13. The molecule has 0 bridgehead atoms. The first-order chi connectivity index (χ1) is 8.63. The van der Waals surface area contributed by atoms with Crippen molar-refractivity contribution in [3.05, 3.63) is 29.8 Å². The highest BCUT2D eigenvalue weighted by Gasteiger charge is 2.31. The predicted octanol–water partition coefficient (Wildman–Crippen LogP) is 1.45. The fourth-order valence-electron chi connectivity index (χ4n) is 2.05. The monoisotopic (exact) mass is 275 g/mol. The molecule has 0 spiro atoms. The molecule has 1 aromatic carbocycles. The van der Waals surface area contributed by atoms with Gasteiger partial charge in [-0.1, -0.05) is 0 Å². The highest BCUT2D eigenvalue weighted by atomic mass is 32.2. The Morgan fingerprint density at radius 3 is 2.89 bits per heavy atom. The number of nitrogens with one attached hydrogen (secondary N) is 1. The zero-order chi connectivity index (χ0) is 13.1. The van der Waals surface area contributed by atoms with Crippen LogP contribution in [0.15, 0.2) is 23.1 Å². The minimum absolute atomic E-state index is 0.0176. The molecule has 1 N–H and O–H groups in total. The van der Waals surface area contributed by atoms with Gasteiger partial charge in [-0.2, -0.15) is 0 Å². The van der Waals surface area contributed by atoms with Gasteiger partial charge in [0.05, 0.1) is 27.6 Å². The lowest BCUT2D eigenvalue weighted by atomic mass is 10.1. The number of rotatable bonds is 3. The lowest BCUT2D eigenvalue weighted by Crippen LogP contribution is -2.47. The van der Waals surface area contributed by atoms with Crippen LogP contribution in [0.25, 0.3) is 0 Å². The SMILES string of the molecule is CNC1CCOCC1S(=O)c1ccc(F)cc1F. The zero-order valence-corrected chi connectivity index (χ0v) is 10.8. The molecule has 0 aromatic heterocycles. The Labute approximate surface area is 107 Å². The largest absolute Gasteiger partial charge is 0.380 e. The van der Waals surface area contributed by atoms with E-state index < -0.39 is 22.4 Å². The molecule has 1 aliphatic rings. The first-order valence-corrected chi connectivity index (χ1v) is 6.95. The molecule has 100 valence electrons. The van der Waals surface area contributed by atoms with E-state index in [1.54, 1.807) is 7.05 Å². The number of hydrogen-bond donors (Lipinski definition) is 1. The average molecular weight is 275 g/mol. The van der Waals surface area contributed by atoms with Gasteiger partial charge in [0.15, 0.2) is 0 Å². The van der Waals surface area contributed by atoms with Crippen LogP contribution >= 0.6 is 0 Å². The van der Waals surface area contributed by atoms with E-state index in [0.717, 1.165) is 18.6 Å². The van der Waals surface area contributed by atoms with Crippen molar-refractivity contribution in [1.82, 2.24) is 5.32 Å². The van der Waals surface area contributed by atoms with Crippen molar-refractivity contribution < 1.29 is 17.7 Å². The van der Waals surface area contributed by atoms with Crippen LogP contribution in [-0.4, -0.2) is 35.8 Å². The molecule has 0 radical (unpaired) electrons. The van der Waals surface area contributed by atoms with Crippen LogP contribution in [0, 0.1) is 11.6 Å². The molecule has 1 aliphatic heterocycles. The van der Waals surface area contributed by atoms with E-state index in [0.29, 0.717) is 13.2 Å². The summed E-state index contributed by atoms with van der Waals surface area (Å²) >= 11 is 0. The van der Waals surface area contributed by atoms with Gasteiger partial charge < -0.3 is 10.1 Å². The summed E-state index contributed by atoms with van der Waals surface area (Å²) in [6.07, 6.45) is 0.732. The van der Waals surface area contributed by atoms with Crippen LogP contribution in [0.2, 0.25) is 0 Å². The molecule has 0 aliphatic carbocycles. The maximum absolute atomic E-state index is 13.6. The van der Waals surface area contributed by atoms with Gasteiger partial charge in [0.25, 0.3) is 0 Å². The third kappa shape index (κ3) is 2.76. The van der Waals surface area contributed by atoms with Crippen molar-refractivity contribution in [1.29, 1.82) is 0 Å². The first-order valence-electron chi connectivity index (χ1n) is 5.74. The second-order valence-corrected chi connectivity index (χ2v) is 5.81. The minimum atomic E-state index is -1.55. The summed E-state index contributed by atoms with van der Waals surface area (Å²) in [4.78, 5) is 0.0344. The second kappa shape index (κ2) is 5.86. The molecule has 3 atom stereocenters. The van der Waals surface area contributed by atoms with Crippen LogP contribution in [0.4, 0.5) is 8.78 Å². The van der Waals surface area contributed by atoms with E-state index in [-0.39, 0.29) is 16.2 Å². The zero-order valence-electron chi connectivity index (χ0n) is 9.99. The molecule has 1 fully saturated rings. The Morgan fingerprint density at radius 1 is 1.44 bits per heavy atom. The summed E-state index contributed by atoms with van der Waals surface area (Å²) in [5.41, 5.74) is 0. The van der Waals surface area contributed by atoms with Gasteiger partial charge in [-0.25, -0.2) is 8.78 Å². The van der Waals surface area contributed by atoms with Crippen LogP contribution in [-0.2, 0) is 15.5 Å². The molecule has 0 amide bonds. The maximum atomic E-state index is 13.6. The molecule has 3 unspecified atom stereocenters. The summed E-state index contributed by atoms with van der Waals surface area (Å²) in [5, 5.41) is 2.75. The normalized spacial score (nSPS) is 25.9. The smallest absolute Gasteiger partial charge is 0.142 e. The van der Waals surface area contributed by atoms with Crippen molar-refractivity contribution >= 4 is 10.8 Å². The van der Waals surface area contributed by atoms with Crippen LogP contribution in [0.5, 0.6) is 0 Å². The summed E-state index contributed by atoms with van der Waals surface area (Å²) < 4.78 is 44.0. The van der Waals surface area contributed by atoms with Crippen LogP contribution < -0.4 is 5.32 Å². The fraction of sp³-hybridized carbons (Fsp3) is 0.500. The standard InChI is InChI=1S/C12H15F2NO2S/c1-15-10-4-5-17-7-12(10)18(16)11-3-2-8(13)6-9(11)14/h2-3,6,10,12,15H,4-5,7H2,1H3. The van der Waals surface area contributed by atoms with E-state index in [9.17, 15) is 13.0 Å². The number of benzene rings is 1. The molecule has 3 nitrogen and oxygen atoms in total. The lowest BCUT2D eigenvalue weighted by molar-refractivity contribution is 0.0838. The highest BCUT2D eigenvalue weighted by Crippen LogP contribution is 2.22. The van der Waals surface area contributed by atoms with Crippen molar-refractivity contribution in [3.63, 3.8) is 0 Å². The van der Waals surface area contributed by atoms with Gasteiger partial charge in [-0.05, 0) is 25.6 Å². The van der Waals surface area contributed by atoms with E-state index in [4.69, 9.17) is 4.74 Å². The molecule has 1 saturated heterocycles. The van der Waals surface area contributed by atoms with Crippen molar-refractivity contribution in [2.24, 2.45) is 0 Å². The quantitative estimate of drug-likeness (QED) is 0.907. The molecule has 18 heavy (non-hydrogen) atoms. The van der Waals surface area contributed by atoms with Crippen molar-refractivity contribution in [3.8, 4) is 0 Å². The maximum Gasteiger partial charge on any atom is 0.142 e. The van der Waals surface area contributed by atoms with Gasteiger partial charge in [-0.3, -0.25) is 4.21 Å². The molecule has 6 heteroatoms. The van der Waals surface area contributed by atoms with Gasteiger partial charge >= 0.3 is 0 Å². The lowest BCUT2D eigenvalue weighted by Gasteiger charge is -2.30. The topological polar surface area (TPSA) is 38.3 Å². The van der Waals surface area contributed by atoms with Crippen molar-refractivity contribution in [2.75, 3.05) is 20.3 Å². The predicted molar refractivity (Wildman–Crippen MR) is 64.8 cm³/mol. The van der Waals surface area contributed by atoms with Crippen LogP contribution in [0.3, 0.4) is 0 Å². The number of halogens is 2. The molecular formula is C12H15F2NO2S. The summed E-state index contributed by atoms with van der Waals surface area (Å²) in [5.74, 6) is -1.44. The molecule has 2 rings (SSSR count). The van der Waals surface area contributed by atoms with E-state index in [1.807, 2.05) is 0 Å². The van der Waals surface area contributed by atoms with Gasteiger partial charge in [0.2, 0.25) is 0 Å². The third-order valence-electron chi connectivity index (χ3n) is 3.06. The molecule has 1 heterocycles. The van der Waals surface area contributed by atoms with Gasteiger partial charge in [-0.15, -0.1) is 0 Å². The Kier molecular flexibility index (Phi) is 4.42. The Balaban J connectivity index is 2.24. The summed E-state index contributed by atoms with van der Waals surface area (Å²) in [6.45, 7) is 0.917. The Morgan fingerprint density at radius 2 is 2.22 bits per heavy atom. The van der Waals surface area contributed by atoms with Crippen LogP contribution in [0.1, 0.15) is 6.42 Å².